The van der Waals surface area contributed by atoms with Crippen molar-refractivity contribution in [1.82, 2.24) is 20.2 Å². The number of anilines is 1. The zero-order chi connectivity index (χ0) is 27.2. The molecule has 9 heteroatoms. The molecule has 1 amide bonds. The summed E-state index contributed by atoms with van der Waals surface area (Å²) in [5.74, 6) is 0.203. The maximum atomic E-state index is 13.7. The van der Waals surface area contributed by atoms with E-state index in [-0.39, 0.29) is 42.3 Å². The summed E-state index contributed by atoms with van der Waals surface area (Å²) in [5.41, 5.74) is 4.97. The molecule has 4 heterocycles. The molecule has 6 rings (SSSR count). The van der Waals surface area contributed by atoms with Crippen molar-refractivity contribution in [2.75, 3.05) is 24.5 Å². The third kappa shape index (κ3) is 5.62. The van der Waals surface area contributed by atoms with Gasteiger partial charge in [-0.2, -0.15) is 0 Å². The number of halogens is 3. The van der Waals surface area contributed by atoms with Crippen LogP contribution in [0.1, 0.15) is 45.6 Å². The number of nitrogens with one attached hydrogen (secondary N) is 2. The van der Waals surface area contributed by atoms with Gasteiger partial charge in [0.15, 0.2) is 0 Å². The second-order valence-corrected chi connectivity index (χ2v) is 12.4. The first kappa shape index (κ1) is 31.4. The van der Waals surface area contributed by atoms with Crippen LogP contribution in [-0.4, -0.2) is 52.0 Å². The lowest BCUT2D eigenvalue weighted by atomic mass is 9.77. The predicted octanol–water partition coefficient (Wildman–Crippen LogP) is 7.32. The summed E-state index contributed by atoms with van der Waals surface area (Å²) >= 11 is 3.64. The Bertz CT molecular complexity index is 1490. The molecule has 6 nitrogen and oxygen atoms in total. The van der Waals surface area contributed by atoms with Crippen molar-refractivity contribution in [2.45, 2.75) is 57.2 Å². The minimum absolute atomic E-state index is 0. The lowest BCUT2D eigenvalue weighted by Gasteiger charge is -2.55. The molecule has 0 bridgehead atoms. The second-order valence-electron chi connectivity index (χ2n) is 11.5. The summed E-state index contributed by atoms with van der Waals surface area (Å²) in [5, 5.41) is 5.07. The van der Waals surface area contributed by atoms with E-state index in [0.29, 0.717) is 19.5 Å². The first-order valence-corrected chi connectivity index (χ1v) is 14.7. The van der Waals surface area contributed by atoms with E-state index in [9.17, 15) is 4.79 Å². The Morgan fingerprint density at radius 1 is 1.05 bits per heavy atom. The van der Waals surface area contributed by atoms with Crippen LogP contribution in [0.3, 0.4) is 0 Å². The fourth-order valence-corrected chi connectivity index (χ4v) is 7.00. The van der Waals surface area contributed by atoms with Gasteiger partial charge in [0.1, 0.15) is 11.2 Å². The van der Waals surface area contributed by atoms with Crippen LogP contribution in [0.2, 0.25) is 0 Å². The van der Waals surface area contributed by atoms with Crippen molar-refractivity contribution in [3.63, 3.8) is 0 Å². The van der Waals surface area contributed by atoms with E-state index in [1.165, 1.54) is 11.3 Å². The number of hydrogen-bond acceptors (Lipinski definition) is 4. The van der Waals surface area contributed by atoms with Gasteiger partial charge in [0.2, 0.25) is 5.91 Å². The topological polar surface area (TPSA) is 64.3 Å². The molecule has 0 radical (unpaired) electrons. The van der Waals surface area contributed by atoms with Gasteiger partial charge in [-0.05, 0) is 56.0 Å². The fraction of sp³-hybridized carbons (Fsp3) is 0.375. The van der Waals surface area contributed by atoms with Gasteiger partial charge >= 0.3 is 0 Å². The van der Waals surface area contributed by atoms with E-state index in [2.05, 4.69) is 104 Å². The molecule has 4 aromatic rings. The largest absolute Gasteiger partial charge is 0.366 e. The Morgan fingerprint density at radius 3 is 2.44 bits per heavy atom. The maximum absolute atomic E-state index is 13.7. The molecule has 0 aliphatic carbocycles. The SMILES string of the molecule is CCC(=O)N1CCN(c2c(-c3ccccc3)cnc3[nH]ccc23)C[C@@]1(c1ccc(Br)cc1)[C@@H]1CCC(C)(C)N1.Cl.Cl. The number of aromatic amines is 1. The molecule has 2 aromatic heterocycles. The number of carbonyl (C=O) groups excluding carboxylic acids is 1. The first-order valence-electron chi connectivity index (χ1n) is 13.9. The number of benzene rings is 2. The molecule has 41 heavy (non-hydrogen) atoms. The van der Waals surface area contributed by atoms with E-state index >= 15 is 0 Å². The third-order valence-corrected chi connectivity index (χ3v) is 9.14. The van der Waals surface area contributed by atoms with Crippen LogP contribution in [0.4, 0.5) is 5.69 Å². The van der Waals surface area contributed by atoms with Gasteiger partial charge in [-0.25, -0.2) is 4.98 Å². The number of nitrogens with zero attached hydrogens (tertiary/aromatic N) is 3. The van der Waals surface area contributed by atoms with E-state index in [4.69, 9.17) is 4.98 Å². The average molecular weight is 660 g/mol. The molecular weight excluding hydrogens is 621 g/mol. The summed E-state index contributed by atoms with van der Waals surface area (Å²) in [6.07, 6.45) is 6.52. The van der Waals surface area contributed by atoms with E-state index < -0.39 is 5.54 Å². The van der Waals surface area contributed by atoms with E-state index in [1.807, 2.05) is 25.4 Å². The number of aromatic nitrogens is 2. The highest BCUT2D eigenvalue weighted by Crippen LogP contribution is 2.46. The normalized spacial score (nSPS) is 21.8. The maximum Gasteiger partial charge on any atom is 0.223 e. The lowest BCUT2D eigenvalue weighted by Crippen LogP contribution is -2.69. The number of piperazine rings is 1. The van der Waals surface area contributed by atoms with Crippen molar-refractivity contribution in [2.24, 2.45) is 0 Å². The Balaban J connectivity index is 0.00000194. The molecule has 2 N–H and O–H groups in total. The van der Waals surface area contributed by atoms with Crippen molar-refractivity contribution >= 4 is 63.4 Å². The van der Waals surface area contributed by atoms with Crippen LogP contribution in [0, 0.1) is 0 Å². The van der Waals surface area contributed by atoms with Gasteiger partial charge in [-0.3, -0.25) is 4.79 Å². The highest BCUT2D eigenvalue weighted by Gasteiger charge is 2.54. The van der Waals surface area contributed by atoms with Crippen LogP contribution in [0.25, 0.3) is 22.2 Å². The molecule has 2 saturated heterocycles. The van der Waals surface area contributed by atoms with Crippen LogP contribution in [0.15, 0.2) is 77.5 Å². The molecule has 2 fully saturated rings. The van der Waals surface area contributed by atoms with Gasteiger partial charge in [-0.15, -0.1) is 24.8 Å². The minimum Gasteiger partial charge on any atom is -0.366 e. The third-order valence-electron chi connectivity index (χ3n) is 8.61. The number of hydrogen-bond donors (Lipinski definition) is 2. The standard InChI is InChI=1S/C32H36BrN5O.2ClH/c1-4-28(39)38-19-18-37(29-25-15-17-34-30(25)35-20-26(29)22-8-6-5-7-9-22)21-32(38,23-10-12-24(33)13-11-23)27-14-16-31(2,3)36-27;;/h5-13,15,17,20,27,36H,4,14,16,18-19,21H2,1-3H3,(H,34,35);2*1H/t27-,32+;;/m0../s1. The summed E-state index contributed by atoms with van der Waals surface area (Å²) in [6, 6.07) is 21.4. The zero-order valence-electron chi connectivity index (χ0n) is 23.7. The molecule has 218 valence electrons. The molecule has 2 aliphatic rings. The second kappa shape index (κ2) is 12.3. The van der Waals surface area contributed by atoms with Gasteiger partial charge in [0.05, 0.1) is 5.69 Å². The summed E-state index contributed by atoms with van der Waals surface area (Å²) in [4.78, 5) is 26.5. The van der Waals surface area contributed by atoms with Gasteiger partial charge in [-0.1, -0.05) is 65.3 Å². The highest BCUT2D eigenvalue weighted by atomic mass is 79.9. The van der Waals surface area contributed by atoms with Crippen molar-refractivity contribution in [1.29, 1.82) is 0 Å². The predicted molar refractivity (Wildman–Crippen MR) is 176 cm³/mol. The number of H-pyrrole nitrogens is 1. The number of pyridine rings is 1. The monoisotopic (exact) mass is 657 g/mol. The molecular formula is C32H38BrCl2N5O. The summed E-state index contributed by atoms with van der Waals surface area (Å²) in [7, 11) is 0. The smallest absolute Gasteiger partial charge is 0.223 e. The average Bonchev–Trinajstić information content (AvgIpc) is 3.58. The molecule has 0 saturated carbocycles. The van der Waals surface area contributed by atoms with Crippen molar-refractivity contribution in [3.8, 4) is 11.1 Å². The van der Waals surface area contributed by atoms with E-state index in [1.54, 1.807) is 0 Å². The Labute approximate surface area is 263 Å². The van der Waals surface area contributed by atoms with Crippen LogP contribution >= 0.6 is 40.7 Å². The highest BCUT2D eigenvalue weighted by molar-refractivity contribution is 9.10. The quantitative estimate of drug-likeness (QED) is 0.236. The Kier molecular flexibility index (Phi) is 9.44. The summed E-state index contributed by atoms with van der Waals surface area (Å²) < 4.78 is 1.04. The van der Waals surface area contributed by atoms with Gasteiger partial charge in [0.25, 0.3) is 0 Å². The van der Waals surface area contributed by atoms with Gasteiger partial charge in [0, 0.05) is 65.5 Å². The Hall–Kier alpha value is -2.58. The number of rotatable bonds is 5. The zero-order valence-corrected chi connectivity index (χ0v) is 26.9. The summed E-state index contributed by atoms with van der Waals surface area (Å²) in [6.45, 7) is 8.63. The Morgan fingerprint density at radius 2 is 1.78 bits per heavy atom. The molecule has 2 aromatic carbocycles. The molecule has 0 spiro atoms. The molecule has 2 atom stereocenters. The lowest BCUT2D eigenvalue weighted by molar-refractivity contribution is -0.140. The van der Waals surface area contributed by atoms with Crippen LogP contribution < -0.4 is 10.2 Å². The van der Waals surface area contributed by atoms with Crippen molar-refractivity contribution < 1.29 is 4.79 Å². The molecule has 2 aliphatic heterocycles. The fourth-order valence-electron chi connectivity index (χ4n) is 6.73. The first-order chi connectivity index (χ1) is 18.8. The number of fused-ring (bicyclic) bond motifs is 1. The van der Waals surface area contributed by atoms with Gasteiger partial charge < -0.3 is 20.1 Å². The molecule has 0 unspecified atom stereocenters. The van der Waals surface area contributed by atoms with Crippen molar-refractivity contribution in [3.05, 3.63) is 83.1 Å². The van der Waals surface area contributed by atoms with Crippen LogP contribution in [-0.2, 0) is 10.3 Å². The number of amides is 1. The van der Waals surface area contributed by atoms with Crippen LogP contribution in [0.5, 0.6) is 0 Å². The number of carbonyl (C=O) groups is 1. The van der Waals surface area contributed by atoms with E-state index in [0.717, 1.165) is 46.0 Å². The minimum atomic E-state index is -0.528.